The molecule has 0 spiro atoms. The molecule has 33 heavy (non-hydrogen) atoms. The summed E-state index contributed by atoms with van der Waals surface area (Å²) >= 11 is 0. The maximum absolute atomic E-state index is 12.3. The van der Waals surface area contributed by atoms with Gasteiger partial charge in [-0.15, -0.1) is 0 Å². The van der Waals surface area contributed by atoms with E-state index < -0.39 is 19.0 Å². The summed E-state index contributed by atoms with van der Waals surface area (Å²) in [6.45, 7) is 3.52. The highest BCUT2D eigenvalue weighted by Gasteiger charge is 2.51. The minimum absolute atomic E-state index is 0.0353. The SMILES string of the molecule is CC(=O)C(=O)Nc1ccccc1C(C)[P+](c1ccccc1)(c1ccccc1)c1ccccc1. The average Bonchev–Trinajstić information content (AvgIpc) is 2.87. The van der Waals surface area contributed by atoms with Gasteiger partial charge in [0.15, 0.2) is 0 Å². The van der Waals surface area contributed by atoms with Crippen molar-refractivity contribution in [2.75, 3.05) is 5.32 Å². The number of benzene rings is 4. The number of rotatable bonds is 7. The summed E-state index contributed by atoms with van der Waals surface area (Å²) in [5, 5.41) is 6.65. The van der Waals surface area contributed by atoms with E-state index in [4.69, 9.17) is 0 Å². The quantitative estimate of drug-likeness (QED) is 0.307. The fourth-order valence-electron chi connectivity index (χ4n) is 4.50. The van der Waals surface area contributed by atoms with E-state index in [0.29, 0.717) is 5.69 Å². The number of anilines is 1. The van der Waals surface area contributed by atoms with Crippen LogP contribution in [0.4, 0.5) is 5.69 Å². The van der Waals surface area contributed by atoms with Crippen LogP contribution in [0.2, 0.25) is 0 Å². The van der Waals surface area contributed by atoms with E-state index >= 15 is 0 Å². The Hall–Kier alpha value is -3.55. The van der Waals surface area contributed by atoms with Gasteiger partial charge in [0.25, 0.3) is 5.91 Å². The van der Waals surface area contributed by atoms with Gasteiger partial charge >= 0.3 is 0 Å². The fourth-order valence-corrected chi connectivity index (χ4v) is 9.31. The molecule has 4 aromatic rings. The number of amides is 1. The van der Waals surface area contributed by atoms with Crippen LogP contribution in [0.25, 0.3) is 0 Å². The summed E-state index contributed by atoms with van der Waals surface area (Å²) in [6, 6.07) is 39.7. The molecular formula is C29H27NO2P+. The normalized spacial score (nSPS) is 12.1. The average molecular weight is 453 g/mol. The van der Waals surface area contributed by atoms with E-state index in [0.717, 1.165) is 5.56 Å². The van der Waals surface area contributed by atoms with E-state index in [1.807, 2.05) is 36.4 Å². The van der Waals surface area contributed by atoms with Crippen LogP contribution >= 0.6 is 7.26 Å². The molecule has 0 heterocycles. The Labute approximate surface area is 195 Å². The topological polar surface area (TPSA) is 46.2 Å². The second-order valence-electron chi connectivity index (χ2n) is 8.00. The number of hydrogen-bond acceptors (Lipinski definition) is 2. The van der Waals surface area contributed by atoms with Crippen molar-refractivity contribution < 1.29 is 9.59 Å². The lowest BCUT2D eigenvalue weighted by molar-refractivity contribution is -0.133. The van der Waals surface area contributed by atoms with Crippen LogP contribution in [0, 0.1) is 0 Å². The molecule has 0 radical (unpaired) electrons. The first-order valence-electron chi connectivity index (χ1n) is 11.0. The largest absolute Gasteiger partial charge is 0.319 e. The van der Waals surface area contributed by atoms with E-state index in [2.05, 4.69) is 91.1 Å². The van der Waals surface area contributed by atoms with E-state index in [-0.39, 0.29) is 5.66 Å². The third-order valence-corrected chi connectivity index (χ3v) is 10.8. The van der Waals surface area contributed by atoms with Crippen LogP contribution in [0.15, 0.2) is 115 Å². The lowest BCUT2D eigenvalue weighted by Gasteiger charge is -2.34. The molecule has 4 heteroatoms. The first-order valence-corrected chi connectivity index (χ1v) is 12.9. The van der Waals surface area contributed by atoms with Crippen LogP contribution < -0.4 is 21.2 Å². The molecule has 3 nitrogen and oxygen atoms in total. The van der Waals surface area contributed by atoms with Gasteiger partial charge in [-0.05, 0) is 49.4 Å². The van der Waals surface area contributed by atoms with Crippen LogP contribution in [0.3, 0.4) is 0 Å². The van der Waals surface area contributed by atoms with Gasteiger partial charge in [0.05, 0.1) is 0 Å². The Balaban J connectivity index is 2.01. The smallest absolute Gasteiger partial charge is 0.291 e. The lowest BCUT2D eigenvalue weighted by atomic mass is 10.1. The Morgan fingerprint density at radius 2 is 1.03 bits per heavy atom. The molecule has 1 amide bonds. The Kier molecular flexibility index (Phi) is 6.82. The zero-order valence-electron chi connectivity index (χ0n) is 18.8. The lowest BCUT2D eigenvalue weighted by Crippen LogP contribution is -2.34. The second kappa shape index (κ2) is 9.94. The minimum Gasteiger partial charge on any atom is -0.319 e. The monoisotopic (exact) mass is 452 g/mol. The minimum atomic E-state index is -2.20. The third kappa shape index (κ3) is 4.37. The van der Waals surface area contributed by atoms with Crippen molar-refractivity contribution in [3.63, 3.8) is 0 Å². The first kappa shape index (κ1) is 22.6. The van der Waals surface area contributed by atoms with Gasteiger partial charge in [-0.2, -0.15) is 0 Å². The molecule has 1 atom stereocenters. The van der Waals surface area contributed by atoms with Crippen molar-refractivity contribution >= 4 is 40.6 Å². The Bertz CT molecular complexity index is 1140. The van der Waals surface area contributed by atoms with Crippen molar-refractivity contribution in [3.8, 4) is 0 Å². The Morgan fingerprint density at radius 1 is 0.636 bits per heavy atom. The molecule has 0 aliphatic rings. The summed E-state index contributed by atoms with van der Waals surface area (Å²) < 4.78 is 0. The van der Waals surface area contributed by atoms with Crippen molar-refractivity contribution in [3.05, 3.63) is 121 Å². The predicted molar refractivity (Wildman–Crippen MR) is 139 cm³/mol. The zero-order chi connectivity index (χ0) is 23.3. The van der Waals surface area contributed by atoms with E-state index in [1.165, 1.54) is 22.8 Å². The molecule has 1 N–H and O–H groups in total. The number of Topliss-reactive ketones (excluding diaryl/α,β-unsaturated/α-hetero) is 1. The number of carbonyl (C=O) groups is 2. The van der Waals surface area contributed by atoms with Crippen molar-refractivity contribution in [1.29, 1.82) is 0 Å². The van der Waals surface area contributed by atoms with Crippen molar-refractivity contribution in [2.24, 2.45) is 0 Å². The molecule has 0 saturated carbocycles. The number of carbonyl (C=O) groups excluding carboxylic acids is 2. The molecule has 0 bridgehead atoms. The molecule has 164 valence electrons. The van der Waals surface area contributed by atoms with Crippen LogP contribution in [-0.4, -0.2) is 11.7 Å². The summed E-state index contributed by atoms with van der Waals surface area (Å²) in [5.41, 5.74) is 1.72. The van der Waals surface area contributed by atoms with Crippen LogP contribution in [0.5, 0.6) is 0 Å². The predicted octanol–water partition coefficient (Wildman–Crippen LogP) is 5.27. The van der Waals surface area contributed by atoms with Gasteiger partial charge in [0, 0.05) is 18.2 Å². The molecule has 0 aromatic heterocycles. The Morgan fingerprint density at radius 3 is 1.45 bits per heavy atom. The van der Waals surface area contributed by atoms with Crippen molar-refractivity contribution in [1.82, 2.24) is 0 Å². The highest BCUT2D eigenvalue weighted by molar-refractivity contribution is 7.96. The van der Waals surface area contributed by atoms with Gasteiger partial charge in [-0.1, -0.05) is 72.8 Å². The first-order chi connectivity index (χ1) is 16.0. The molecule has 0 fully saturated rings. The standard InChI is InChI=1S/C29H26NO2P/c1-22(31)29(32)30-28-21-13-12-20-27(28)23(2)33(24-14-6-3-7-15-24,25-16-8-4-9-17-25)26-18-10-5-11-19-26/h3-21,23H,1-2H3/p+1. The van der Waals surface area contributed by atoms with Gasteiger partial charge < -0.3 is 5.32 Å². The van der Waals surface area contributed by atoms with Crippen molar-refractivity contribution in [2.45, 2.75) is 19.5 Å². The van der Waals surface area contributed by atoms with Crippen LogP contribution in [0.1, 0.15) is 25.1 Å². The molecule has 4 aromatic carbocycles. The fraction of sp³-hybridized carbons (Fsp3) is 0.103. The number of hydrogen-bond donors (Lipinski definition) is 1. The van der Waals surface area contributed by atoms with E-state index in [1.54, 1.807) is 0 Å². The molecule has 0 aliphatic carbocycles. The molecule has 4 rings (SSSR count). The summed E-state index contributed by atoms with van der Waals surface area (Å²) in [7, 11) is -2.20. The molecule has 0 saturated heterocycles. The molecule has 0 aliphatic heterocycles. The highest BCUT2D eigenvalue weighted by atomic mass is 31.2. The number of ketones is 1. The van der Waals surface area contributed by atoms with Crippen LogP contribution in [-0.2, 0) is 9.59 Å². The number of nitrogens with one attached hydrogen (secondary N) is 1. The summed E-state index contributed by atoms with van der Waals surface area (Å²) in [5.74, 6) is -1.11. The summed E-state index contributed by atoms with van der Waals surface area (Å²) in [6.07, 6.45) is 0. The third-order valence-electron chi connectivity index (χ3n) is 6.05. The number of para-hydroxylation sites is 1. The summed E-state index contributed by atoms with van der Waals surface area (Å²) in [4.78, 5) is 24.0. The highest BCUT2D eigenvalue weighted by Crippen LogP contribution is 2.67. The second-order valence-corrected chi connectivity index (χ2v) is 11.8. The van der Waals surface area contributed by atoms with E-state index in [9.17, 15) is 9.59 Å². The maximum Gasteiger partial charge on any atom is 0.291 e. The zero-order valence-corrected chi connectivity index (χ0v) is 19.7. The molecular weight excluding hydrogens is 425 g/mol. The van der Waals surface area contributed by atoms with Gasteiger partial charge in [0.2, 0.25) is 5.78 Å². The van der Waals surface area contributed by atoms with Gasteiger partial charge in [0.1, 0.15) is 28.8 Å². The maximum atomic E-state index is 12.3. The van der Waals surface area contributed by atoms with Gasteiger partial charge in [-0.25, -0.2) is 0 Å². The molecule has 1 unspecified atom stereocenters. The van der Waals surface area contributed by atoms with Gasteiger partial charge in [-0.3, -0.25) is 9.59 Å².